The van der Waals surface area contributed by atoms with Gasteiger partial charge >= 0.3 is 11.9 Å². The van der Waals surface area contributed by atoms with Crippen molar-refractivity contribution in [1.82, 2.24) is 4.40 Å². The van der Waals surface area contributed by atoms with Crippen LogP contribution in [0.5, 0.6) is 5.75 Å². The first-order chi connectivity index (χ1) is 17.7. The maximum atomic E-state index is 13.2. The Labute approximate surface area is 217 Å². The summed E-state index contributed by atoms with van der Waals surface area (Å²) in [4.78, 5) is 49.4. The quantitative estimate of drug-likeness (QED) is 0.195. The van der Waals surface area contributed by atoms with Crippen LogP contribution in [0.4, 0.5) is 0 Å². The summed E-state index contributed by atoms with van der Waals surface area (Å²) in [5.41, 5.74) is 0.295. The number of nitrogens with zero attached hydrogens (tertiary/aromatic N) is 1. The average Bonchev–Trinajstić information content (AvgIpc) is 2.85. The number of hydrogen-bond acceptors (Lipinski definition) is 8. The lowest BCUT2D eigenvalue weighted by molar-refractivity contribution is -0.149. The lowest BCUT2D eigenvalue weighted by atomic mass is 9.92. The number of carbonyl (C=O) groups is 2. The molecule has 1 aromatic carbocycles. The summed E-state index contributed by atoms with van der Waals surface area (Å²) in [6.45, 7) is 0.474. The molecule has 0 saturated heterocycles. The Morgan fingerprint density at radius 1 is 1.00 bits per heavy atom. The third kappa shape index (κ3) is 4.28. The minimum Gasteiger partial charge on any atom is -0.506 e. The molecule has 11 heteroatoms. The zero-order valence-electron chi connectivity index (χ0n) is 18.9. The molecule has 0 fully saturated rings. The fraction of sp³-hybridized carbons (Fsp3) is 0.0769. The number of esters is 2. The molecule has 3 heterocycles. The van der Waals surface area contributed by atoms with Crippen molar-refractivity contribution in [2.75, 3.05) is 6.79 Å². The first kappa shape index (κ1) is 24.4. The molecule has 0 bridgehead atoms. The predicted octanol–water partition coefficient (Wildman–Crippen LogP) is 4.87. The molecule has 0 amide bonds. The third-order valence-electron chi connectivity index (χ3n) is 5.66. The molecule has 5 rings (SSSR count). The van der Waals surface area contributed by atoms with Gasteiger partial charge < -0.3 is 19.0 Å². The highest BCUT2D eigenvalue weighted by atomic mass is 35.5. The molecule has 0 radical (unpaired) electrons. The minimum absolute atomic E-state index is 0.0215. The monoisotopic (exact) mass is 539 g/mol. The van der Waals surface area contributed by atoms with E-state index in [1.807, 2.05) is 0 Å². The van der Waals surface area contributed by atoms with Crippen molar-refractivity contribution < 1.29 is 28.6 Å². The number of phenols is 1. The van der Waals surface area contributed by atoms with Crippen LogP contribution in [0.2, 0.25) is 10.0 Å². The summed E-state index contributed by atoms with van der Waals surface area (Å²) in [5, 5.41) is 10.5. The first-order valence-electron chi connectivity index (χ1n) is 10.7. The smallest absolute Gasteiger partial charge is 0.346 e. The number of rotatable bonds is 4. The Hall–Kier alpha value is -4.34. The molecule has 9 nitrogen and oxygen atoms in total. The zero-order chi connectivity index (χ0) is 26.4. The second kappa shape index (κ2) is 9.27. The van der Waals surface area contributed by atoms with Crippen LogP contribution in [0.3, 0.4) is 0 Å². The van der Waals surface area contributed by atoms with Crippen molar-refractivity contribution in [3.05, 3.63) is 90.9 Å². The molecule has 37 heavy (non-hydrogen) atoms. The van der Waals surface area contributed by atoms with Crippen LogP contribution in [0.15, 0.2) is 68.7 Å². The Morgan fingerprint density at radius 3 is 2.54 bits per heavy atom. The number of aromatic nitrogens is 1. The van der Waals surface area contributed by atoms with E-state index in [1.54, 1.807) is 18.2 Å². The van der Waals surface area contributed by atoms with E-state index in [9.17, 15) is 24.3 Å². The molecule has 2 aliphatic rings. The van der Waals surface area contributed by atoms with Crippen LogP contribution in [0, 0.1) is 0 Å². The van der Waals surface area contributed by atoms with Gasteiger partial charge in [-0.05, 0) is 30.3 Å². The van der Waals surface area contributed by atoms with Crippen molar-refractivity contribution >= 4 is 51.6 Å². The SMILES string of the molecule is CC(=O)OCOC(=O)c1cc(-c2c3cc(Cl)c(=O)cc-3oc3cc(O)c(Cl)cc23)c2ccccn2c1=O. The fourth-order valence-electron chi connectivity index (χ4n) is 4.03. The maximum absolute atomic E-state index is 13.2. The minimum atomic E-state index is -1.02. The van der Waals surface area contributed by atoms with Crippen molar-refractivity contribution in [3.8, 4) is 28.2 Å². The van der Waals surface area contributed by atoms with Gasteiger partial charge in [0, 0.05) is 47.3 Å². The van der Waals surface area contributed by atoms with Gasteiger partial charge in [0.15, 0.2) is 0 Å². The van der Waals surface area contributed by atoms with Crippen LogP contribution >= 0.6 is 23.2 Å². The Kier molecular flexibility index (Phi) is 6.10. The molecule has 3 aromatic rings. The molecule has 0 atom stereocenters. The van der Waals surface area contributed by atoms with E-state index in [-0.39, 0.29) is 32.7 Å². The van der Waals surface area contributed by atoms with Gasteiger partial charge in [-0.2, -0.15) is 0 Å². The Morgan fingerprint density at radius 2 is 1.78 bits per heavy atom. The summed E-state index contributed by atoms with van der Waals surface area (Å²) in [7, 11) is 0. The van der Waals surface area contributed by atoms with Crippen molar-refractivity contribution in [2.24, 2.45) is 0 Å². The highest BCUT2D eigenvalue weighted by Crippen LogP contribution is 2.44. The van der Waals surface area contributed by atoms with Gasteiger partial charge in [0.25, 0.3) is 5.56 Å². The van der Waals surface area contributed by atoms with Gasteiger partial charge in [-0.3, -0.25) is 18.8 Å². The molecule has 1 aliphatic carbocycles. The summed E-state index contributed by atoms with van der Waals surface area (Å²) in [6, 6.07) is 11.7. The van der Waals surface area contributed by atoms with Gasteiger partial charge in [0.2, 0.25) is 12.2 Å². The highest BCUT2D eigenvalue weighted by molar-refractivity contribution is 6.33. The number of carbonyl (C=O) groups excluding carboxylic acids is 2. The molecule has 0 unspecified atom stereocenters. The van der Waals surface area contributed by atoms with Gasteiger partial charge in [-0.15, -0.1) is 0 Å². The number of halogens is 2. The number of hydrogen-bond donors (Lipinski definition) is 1. The standard InChI is InChI=1S/C26H15Cl2NO8/c1-12(30)35-11-36-26(34)16-6-13(19-4-2-3-5-29(19)25(16)33)24-14-7-17(27)20(31)9-22(14)37-23-10-21(32)18(28)8-15(23)24/h2-10,31H,11H2,1H3. The van der Waals surface area contributed by atoms with E-state index in [0.29, 0.717) is 27.6 Å². The highest BCUT2D eigenvalue weighted by Gasteiger charge is 2.25. The molecular weight excluding hydrogens is 525 g/mol. The molecule has 0 spiro atoms. The fourth-order valence-corrected chi connectivity index (χ4v) is 4.36. The van der Waals surface area contributed by atoms with Crippen molar-refractivity contribution in [1.29, 1.82) is 0 Å². The predicted molar refractivity (Wildman–Crippen MR) is 136 cm³/mol. The van der Waals surface area contributed by atoms with E-state index in [2.05, 4.69) is 4.74 Å². The van der Waals surface area contributed by atoms with E-state index < -0.39 is 29.7 Å². The molecule has 1 aliphatic heterocycles. The lowest BCUT2D eigenvalue weighted by Gasteiger charge is -2.18. The molecule has 0 saturated carbocycles. The largest absolute Gasteiger partial charge is 0.506 e. The van der Waals surface area contributed by atoms with Gasteiger partial charge in [0.05, 0.1) is 15.6 Å². The second-order valence-electron chi connectivity index (χ2n) is 7.97. The number of pyridine rings is 2. The van der Waals surface area contributed by atoms with Gasteiger partial charge in [-0.1, -0.05) is 29.3 Å². The van der Waals surface area contributed by atoms with Gasteiger partial charge in [0.1, 0.15) is 22.7 Å². The Bertz CT molecular complexity index is 1840. The maximum Gasteiger partial charge on any atom is 0.346 e. The van der Waals surface area contributed by atoms with Crippen LogP contribution in [0.25, 0.3) is 38.9 Å². The third-order valence-corrected chi connectivity index (χ3v) is 6.25. The van der Waals surface area contributed by atoms with E-state index >= 15 is 0 Å². The summed E-state index contributed by atoms with van der Waals surface area (Å²) >= 11 is 12.4. The first-order valence-corrected chi connectivity index (χ1v) is 11.4. The number of benzene rings is 2. The second-order valence-corrected chi connectivity index (χ2v) is 8.79. The number of ether oxygens (including phenoxy) is 2. The summed E-state index contributed by atoms with van der Waals surface area (Å²) in [6.07, 6.45) is 1.48. The van der Waals surface area contributed by atoms with E-state index in [4.69, 9.17) is 32.4 Å². The zero-order valence-corrected chi connectivity index (χ0v) is 20.4. The van der Waals surface area contributed by atoms with Gasteiger partial charge in [-0.25, -0.2) is 4.79 Å². The van der Waals surface area contributed by atoms with Crippen molar-refractivity contribution in [3.63, 3.8) is 0 Å². The summed E-state index contributed by atoms with van der Waals surface area (Å²) < 4.78 is 16.8. The van der Waals surface area contributed by atoms with Crippen LogP contribution in [0.1, 0.15) is 17.3 Å². The van der Waals surface area contributed by atoms with Crippen LogP contribution in [-0.4, -0.2) is 28.2 Å². The van der Waals surface area contributed by atoms with E-state index in [0.717, 1.165) is 6.92 Å². The normalized spacial score (nSPS) is 11.2. The molecule has 1 N–H and O–H groups in total. The number of phenolic OH excluding ortho intramolecular Hbond substituents is 1. The van der Waals surface area contributed by atoms with Crippen LogP contribution in [-0.2, 0) is 14.3 Å². The average molecular weight is 540 g/mol. The number of aromatic hydroxyl groups is 1. The molecular formula is C26H15Cl2NO8. The topological polar surface area (TPSA) is 125 Å². The molecule has 2 aromatic heterocycles. The van der Waals surface area contributed by atoms with Crippen LogP contribution < -0.4 is 11.0 Å². The molecule has 186 valence electrons. The Balaban J connectivity index is 1.89. The number of fused-ring (bicyclic) bond motifs is 3. The van der Waals surface area contributed by atoms with Crippen molar-refractivity contribution in [2.45, 2.75) is 6.92 Å². The lowest BCUT2D eigenvalue weighted by Crippen LogP contribution is -2.24. The van der Waals surface area contributed by atoms with E-state index in [1.165, 1.54) is 40.9 Å². The summed E-state index contributed by atoms with van der Waals surface area (Å²) in [5.74, 6) is -1.78.